The minimum atomic E-state index is -0.413. The standard InChI is InChI=1S/C8H13N3O2/c1-4-11-7(9-2)5-6(10-11)8(12)13-3/h5,9H,4H2,1-3H3. The quantitative estimate of drug-likeness (QED) is 0.702. The lowest BCUT2D eigenvalue weighted by molar-refractivity contribution is 0.0593. The van der Waals surface area contributed by atoms with Gasteiger partial charge in [0.15, 0.2) is 5.69 Å². The SMILES string of the molecule is CCn1nc(C(=O)OC)cc1NC. The van der Waals surface area contributed by atoms with Gasteiger partial charge in [-0.1, -0.05) is 0 Å². The molecule has 5 heteroatoms. The number of carbonyl (C=O) groups excluding carboxylic acids is 1. The molecule has 0 aliphatic rings. The number of ether oxygens (including phenoxy) is 1. The highest BCUT2D eigenvalue weighted by Crippen LogP contribution is 2.10. The number of nitrogens with one attached hydrogen (secondary N) is 1. The molecule has 0 spiro atoms. The van der Waals surface area contributed by atoms with Crippen LogP contribution in [0.4, 0.5) is 5.82 Å². The molecule has 72 valence electrons. The van der Waals surface area contributed by atoms with Crippen LogP contribution < -0.4 is 5.32 Å². The Morgan fingerprint density at radius 2 is 2.46 bits per heavy atom. The van der Waals surface area contributed by atoms with Gasteiger partial charge in [-0.2, -0.15) is 5.10 Å². The lowest BCUT2D eigenvalue weighted by Gasteiger charge is -2.00. The Balaban J connectivity index is 2.99. The number of nitrogens with zero attached hydrogens (tertiary/aromatic N) is 2. The second-order valence-electron chi connectivity index (χ2n) is 2.47. The van der Waals surface area contributed by atoms with Gasteiger partial charge in [0, 0.05) is 19.7 Å². The molecular weight excluding hydrogens is 170 g/mol. The van der Waals surface area contributed by atoms with Crippen molar-refractivity contribution in [2.75, 3.05) is 19.5 Å². The van der Waals surface area contributed by atoms with Crippen LogP contribution in [0, 0.1) is 0 Å². The van der Waals surface area contributed by atoms with E-state index in [0.29, 0.717) is 12.2 Å². The highest BCUT2D eigenvalue weighted by atomic mass is 16.5. The minimum absolute atomic E-state index is 0.328. The molecule has 0 fully saturated rings. The molecule has 13 heavy (non-hydrogen) atoms. The Kier molecular flexibility index (Phi) is 2.89. The number of aromatic nitrogens is 2. The topological polar surface area (TPSA) is 56.2 Å². The molecule has 0 atom stereocenters. The fraction of sp³-hybridized carbons (Fsp3) is 0.500. The average Bonchev–Trinajstić information content (AvgIpc) is 2.59. The van der Waals surface area contributed by atoms with E-state index in [1.54, 1.807) is 17.8 Å². The van der Waals surface area contributed by atoms with E-state index in [9.17, 15) is 4.79 Å². The lowest BCUT2D eigenvalue weighted by Crippen LogP contribution is -2.05. The zero-order valence-electron chi connectivity index (χ0n) is 8.00. The molecule has 1 aromatic rings. The molecule has 0 radical (unpaired) electrons. The van der Waals surface area contributed by atoms with Crippen molar-refractivity contribution in [1.82, 2.24) is 9.78 Å². The maximum atomic E-state index is 11.1. The van der Waals surface area contributed by atoms with E-state index < -0.39 is 5.97 Å². The summed E-state index contributed by atoms with van der Waals surface area (Å²) in [6.45, 7) is 2.67. The van der Waals surface area contributed by atoms with Crippen LogP contribution in [0.15, 0.2) is 6.07 Å². The van der Waals surface area contributed by atoms with Gasteiger partial charge in [0.05, 0.1) is 7.11 Å². The first-order chi connectivity index (χ1) is 6.22. The molecule has 1 N–H and O–H groups in total. The van der Waals surface area contributed by atoms with Crippen LogP contribution in [0.1, 0.15) is 17.4 Å². The summed E-state index contributed by atoms with van der Waals surface area (Å²) in [5.74, 6) is 0.395. The first kappa shape index (κ1) is 9.57. The van der Waals surface area contributed by atoms with Gasteiger partial charge in [-0.15, -0.1) is 0 Å². The monoisotopic (exact) mass is 183 g/mol. The van der Waals surface area contributed by atoms with E-state index in [4.69, 9.17) is 0 Å². The van der Waals surface area contributed by atoms with E-state index >= 15 is 0 Å². The Morgan fingerprint density at radius 1 is 1.77 bits per heavy atom. The van der Waals surface area contributed by atoms with Crippen LogP contribution >= 0.6 is 0 Å². The van der Waals surface area contributed by atoms with Gasteiger partial charge in [0.25, 0.3) is 0 Å². The first-order valence-electron chi connectivity index (χ1n) is 4.06. The number of anilines is 1. The van der Waals surface area contributed by atoms with Gasteiger partial charge in [-0.25, -0.2) is 9.48 Å². The largest absolute Gasteiger partial charge is 0.464 e. The Bertz CT molecular complexity index is 285. The van der Waals surface area contributed by atoms with E-state index in [1.807, 2.05) is 6.92 Å². The summed E-state index contributed by atoms with van der Waals surface area (Å²) < 4.78 is 6.25. The fourth-order valence-electron chi connectivity index (χ4n) is 1.06. The average molecular weight is 183 g/mol. The predicted molar refractivity (Wildman–Crippen MR) is 48.8 cm³/mol. The second-order valence-corrected chi connectivity index (χ2v) is 2.47. The van der Waals surface area contributed by atoms with Gasteiger partial charge >= 0.3 is 5.97 Å². The van der Waals surface area contributed by atoms with Gasteiger partial charge in [0.1, 0.15) is 5.82 Å². The van der Waals surface area contributed by atoms with Crippen LogP contribution in [0.25, 0.3) is 0 Å². The normalized spacial score (nSPS) is 9.77. The van der Waals surface area contributed by atoms with Crippen LogP contribution in [-0.4, -0.2) is 29.9 Å². The Labute approximate surface area is 76.7 Å². The molecule has 0 saturated carbocycles. The van der Waals surface area contributed by atoms with Crippen LogP contribution in [0.2, 0.25) is 0 Å². The summed E-state index contributed by atoms with van der Waals surface area (Å²) in [6.07, 6.45) is 0. The van der Waals surface area contributed by atoms with E-state index in [1.165, 1.54) is 7.11 Å². The third kappa shape index (κ3) is 1.80. The summed E-state index contributed by atoms with van der Waals surface area (Å²) >= 11 is 0. The Hall–Kier alpha value is -1.52. The maximum Gasteiger partial charge on any atom is 0.358 e. The first-order valence-corrected chi connectivity index (χ1v) is 4.06. The number of carbonyl (C=O) groups is 1. The second kappa shape index (κ2) is 3.93. The van der Waals surface area contributed by atoms with Crippen molar-refractivity contribution >= 4 is 11.8 Å². The summed E-state index contributed by atoms with van der Waals surface area (Å²) in [5.41, 5.74) is 0.328. The van der Waals surface area contributed by atoms with Crippen LogP contribution in [0.5, 0.6) is 0 Å². The summed E-state index contributed by atoms with van der Waals surface area (Å²) in [7, 11) is 3.12. The highest BCUT2D eigenvalue weighted by molar-refractivity contribution is 5.88. The number of hydrogen-bond acceptors (Lipinski definition) is 4. The van der Waals surface area contributed by atoms with Gasteiger partial charge < -0.3 is 10.1 Å². The maximum absolute atomic E-state index is 11.1. The third-order valence-electron chi connectivity index (χ3n) is 1.73. The molecule has 0 unspecified atom stereocenters. The third-order valence-corrected chi connectivity index (χ3v) is 1.73. The van der Waals surface area contributed by atoms with Crippen LogP contribution in [0.3, 0.4) is 0 Å². The molecule has 0 aromatic carbocycles. The van der Waals surface area contributed by atoms with Crippen molar-refractivity contribution in [3.8, 4) is 0 Å². The van der Waals surface area contributed by atoms with Gasteiger partial charge in [-0.05, 0) is 6.92 Å². The number of esters is 1. The molecule has 0 saturated heterocycles. The Morgan fingerprint density at radius 3 is 2.85 bits per heavy atom. The summed E-state index contributed by atoms with van der Waals surface area (Å²) in [4.78, 5) is 11.1. The number of hydrogen-bond donors (Lipinski definition) is 1. The fourth-order valence-corrected chi connectivity index (χ4v) is 1.06. The van der Waals surface area contributed by atoms with Crippen molar-refractivity contribution in [3.63, 3.8) is 0 Å². The van der Waals surface area contributed by atoms with Crippen molar-refractivity contribution in [2.24, 2.45) is 0 Å². The molecule has 1 aromatic heterocycles. The zero-order valence-corrected chi connectivity index (χ0v) is 8.00. The lowest BCUT2D eigenvalue weighted by atomic mass is 10.4. The van der Waals surface area contributed by atoms with Gasteiger partial charge in [-0.3, -0.25) is 0 Å². The molecule has 5 nitrogen and oxygen atoms in total. The molecule has 0 aliphatic heterocycles. The number of rotatable bonds is 3. The molecule has 1 heterocycles. The van der Waals surface area contributed by atoms with Crippen molar-refractivity contribution in [2.45, 2.75) is 13.5 Å². The molecule has 1 rings (SSSR count). The summed E-state index contributed by atoms with van der Waals surface area (Å²) in [6, 6.07) is 1.66. The molecular formula is C8H13N3O2. The smallest absolute Gasteiger partial charge is 0.358 e. The van der Waals surface area contributed by atoms with Crippen molar-refractivity contribution < 1.29 is 9.53 Å². The van der Waals surface area contributed by atoms with Gasteiger partial charge in [0.2, 0.25) is 0 Å². The number of methoxy groups -OCH3 is 1. The highest BCUT2D eigenvalue weighted by Gasteiger charge is 2.12. The number of aryl methyl sites for hydroxylation is 1. The minimum Gasteiger partial charge on any atom is -0.464 e. The molecule has 0 bridgehead atoms. The molecule has 0 aliphatic carbocycles. The van der Waals surface area contributed by atoms with E-state index in [0.717, 1.165) is 5.82 Å². The van der Waals surface area contributed by atoms with E-state index in [2.05, 4.69) is 15.2 Å². The van der Waals surface area contributed by atoms with Crippen LogP contribution in [-0.2, 0) is 11.3 Å². The zero-order chi connectivity index (χ0) is 9.84. The summed E-state index contributed by atoms with van der Waals surface area (Å²) in [5, 5.41) is 6.99. The van der Waals surface area contributed by atoms with Crippen molar-refractivity contribution in [3.05, 3.63) is 11.8 Å². The van der Waals surface area contributed by atoms with E-state index in [-0.39, 0.29) is 0 Å². The van der Waals surface area contributed by atoms with Crippen molar-refractivity contribution in [1.29, 1.82) is 0 Å². The predicted octanol–water partition coefficient (Wildman–Crippen LogP) is 0.731. The molecule has 0 amide bonds.